The van der Waals surface area contributed by atoms with E-state index in [0.717, 1.165) is 17.8 Å². The topological polar surface area (TPSA) is 114 Å². The summed E-state index contributed by atoms with van der Waals surface area (Å²) in [6.07, 6.45) is -2.63. The highest BCUT2D eigenvalue weighted by Crippen LogP contribution is 2.30. The summed E-state index contributed by atoms with van der Waals surface area (Å²) in [5.41, 5.74) is -0.0598. The van der Waals surface area contributed by atoms with Crippen molar-refractivity contribution in [2.75, 3.05) is 5.75 Å². The van der Waals surface area contributed by atoms with Crippen LogP contribution in [0.25, 0.3) is 0 Å². The number of nitro groups is 1. The van der Waals surface area contributed by atoms with Gasteiger partial charge >= 0.3 is 5.69 Å². The van der Waals surface area contributed by atoms with Crippen molar-refractivity contribution in [3.63, 3.8) is 0 Å². The minimum absolute atomic E-state index is 0.0215. The SMILES string of the molecule is CC(=O)SCC(O)C(O)c1cc([N+](=O)[O-])c(Cl)nc1C. The summed E-state index contributed by atoms with van der Waals surface area (Å²) in [5.74, 6) is -0.0215. The number of aliphatic hydroxyl groups is 2. The van der Waals surface area contributed by atoms with E-state index in [1.807, 2.05) is 0 Å². The van der Waals surface area contributed by atoms with Crippen molar-refractivity contribution < 1.29 is 19.9 Å². The zero-order valence-electron chi connectivity index (χ0n) is 10.7. The molecule has 9 heteroatoms. The smallest absolute Gasteiger partial charge is 0.306 e. The van der Waals surface area contributed by atoms with Crippen LogP contribution in [0.4, 0.5) is 5.69 Å². The first-order valence-electron chi connectivity index (χ1n) is 5.55. The molecule has 20 heavy (non-hydrogen) atoms. The number of aryl methyl sites for hydroxylation is 1. The second-order valence-electron chi connectivity index (χ2n) is 4.04. The van der Waals surface area contributed by atoms with E-state index in [1.165, 1.54) is 13.8 Å². The normalized spacial score (nSPS) is 13.8. The van der Waals surface area contributed by atoms with Crippen molar-refractivity contribution >= 4 is 34.2 Å². The summed E-state index contributed by atoms with van der Waals surface area (Å²) < 4.78 is 0. The number of rotatable bonds is 5. The monoisotopic (exact) mass is 320 g/mol. The summed E-state index contributed by atoms with van der Waals surface area (Å²) in [7, 11) is 0. The Bertz CT molecular complexity index is 540. The van der Waals surface area contributed by atoms with Gasteiger partial charge in [-0.25, -0.2) is 4.98 Å². The Morgan fingerprint density at radius 2 is 2.20 bits per heavy atom. The third kappa shape index (κ3) is 4.14. The van der Waals surface area contributed by atoms with Crippen molar-refractivity contribution in [2.45, 2.75) is 26.1 Å². The van der Waals surface area contributed by atoms with Crippen LogP contribution in [-0.2, 0) is 4.79 Å². The first-order chi connectivity index (χ1) is 9.23. The Hall–Kier alpha value is -1.22. The molecule has 110 valence electrons. The Morgan fingerprint density at radius 1 is 1.60 bits per heavy atom. The average Bonchev–Trinajstić information content (AvgIpc) is 2.34. The number of hydrogen-bond acceptors (Lipinski definition) is 7. The van der Waals surface area contributed by atoms with Crippen LogP contribution >= 0.6 is 23.4 Å². The largest absolute Gasteiger partial charge is 0.389 e. The maximum atomic E-state index is 10.8. The summed E-state index contributed by atoms with van der Waals surface area (Å²) in [5, 5.41) is 30.1. The lowest BCUT2D eigenvalue weighted by atomic mass is 10.0. The quantitative estimate of drug-likeness (QED) is 0.481. The minimum Gasteiger partial charge on any atom is -0.389 e. The van der Waals surface area contributed by atoms with Gasteiger partial charge in [0.25, 0.3) is 0 Å². The molecule has 0 fully saturated rings. The predicted molar refractivity (Wildman–Crippen MR) is 74.7 cm³/mol. The molecule has 2 N–H and O–H groups in total. The summed E-state index contributed by atoms with van der Waals surface area (Å²) in [6.45, 7) is 2.85. The van der Waals surface area contributed by atoms with Crippen LogP contribution in [-0.4, -0.2) is 37.1 Å². The molecule has 0 radical (unpaired) electrons. The fourth-order valence-electron chi connectivity index (χ4n) is 1.51. The fraction of sp³-hybridized carbons (Fsp3) is 0.455. The van der Waals surface area contributed by atoms with Gasteiger partial charge in [0, 0.05) is 30.0 Å². The van der Waals surface area contributed by atoms with E-state index in [-0.39, 0.29) is 27.3 Å². The molecule has 0 aliphatic heterocycles. The van der Waals surface area contributed by atoms with Gasteiger partial charge in [0.05, 0.1) is 11.0 Å². The highest BCUT2D eigenvalue weighted by molar-refractivity contribution is 8.13. The number of pyridine rings is 1. The van der Waals surface area contributed by atoms with Crippen LogP contribution < -0.4 is 0 Å². The number of carbonyl (C=O) groups is 1. The van der Waals surface area contributed by atoms with Crippen molar-refractivity contribution in [1.29, 1.82) is 0 Å². The number of thioether (sulfide) groups is 1. The summed E-state index contributed by atoms with van der Waals surface area (Å²) >= 11 is 6.49. The Kier molecular flexibility index (Phi) is 5.88. The molecule has 2 atom stereocenters. The number of aliphatic hydroxyl groups excluding tert-OH is 2. The number of aromatic nitrogens is 1. The first kappa shape index (κ1) is 16.8. The van der Waals surface area contributed by atoms with Crippen molar-refractivity contribution in [3.05, 3.63) is 32.6 Å². The molecule has 7 nitrogen and oxygen atoms in total. The van der Waals surface area contributed by atoms with Crippen LogP contribution in [0, 0.1) is 17.0 Å². The van der Waals surface area contributed by atoms with Crippen LogP contribution in [0.5, 0.6) is 0 Å². The van der Waals surface area contributed by atoms with Crippen molar-refractivity contribution in [2.24, 2.45) is 0 Å². The van der Waals surface area contributed by atoms with Gasteiger partial charge in [-0.2, -0.15) is 0 Å². The number of halogens is 1. The minimum atomic E-state index is -1.38. The Morgan fingerprint density at radius 3 is 2.70 bits per heavy atom. The standard InChI is InChI=1S/C11H13ClN2O5S/c1-5-7(3-8(14(18)19)11(12)13-5)10(17)9(16)4-20-6(2)15/h3,9-10,16-17H,4H2,1-2H3. The number of nitrogens with zero attached hydrogens (tertiary/aromatic N) is 2. The molecule has 0 saturated carbocycles. The van der Waals surface area contributed by atoms with Gasteiger partial charge in [-0.3, -0.25) is 14.9 Å². The molecule has 2 unspecified atom stereocenters. The van der Waals surface area contributed by atoms with Crippen molar-refractivity contribution in [3.8, 4) is 0 Å². The zero-order valence-corrected chi connectivity index (χ0v) is 12.3. The molecular formula is C11H13ClN2O5S. The van der Waals surface area contributed by atoms with E-state index < -0.39 is 22.8 Å². The van der Waals surface area contributed by atoms with Gasteiger partial charge < -0.3 is 10.2 Å². The summed E-state index contributed by atoms with van der Waals surface area (Å²) in [4.78, 5) is 24.6. The molecule has 1 heterocycles. The van der Waals surface area contributed by atoms with E-state index in [0.29, 0.717) is 0 Å². The fourth-order valence-corrected chi connectivity index (χ4v) is 2.35. The van der Waals surface area contributed by atoms with Gasteiger partial charge in [-0.05, 0) is 6.92 Å². The molecule has 0 bridgehead atoms. The van der Waals surface area contributed by atoms with Crippen LogP contribution in [0.2, 0.25) is 5.15 Å². The van der Waals surface area contributed by atoms with Crippen LogP contribution in [0.3, 0.4) is 0 Å². The maximum Gasteiger partial charge on any atom is 0.306 e. The molecule has 0 aliphatic rings. The van der Waals surface area contributed by atoms with Crippen LogP contribution in [0.1, 0.15) is 24.3 Å². The van der Waals surface area contributed by atoms with Gasteiger partial charge in [0.2, 0.25) is 5.15 Å². The van der Waals surface area contributed by atoms with Crippen molar-refractivity contribution in [1.82, 2.24) is 4.98 Å². The average molecular weight is 321 g/mol. The highest BCUT2D eigenvalue weighted by atomic mass is 35.5. The lowest BCUT2D eigenvalue weighted by Crippen LogP contribution is -2.22. The van der Waals surface area contributed by atoms with Crippen LogP contribution in [0.15, 0.2) is 6.07 Å². The van der Waals surface area contributed by atoms with Gasteiger partial charge in [-0.1, -0.05) is 23.4 Å². The third-order valence-electron chi connectivity index (χ3n) is 2.52. The molecule has 1 aromatic rings. The molecule has 0 aliphatic carbocycles. The van der Waals surface area contributed by atoms with E-state index in [4.69, 9.17) is 11.6 Å². The van der Waals surface area contributed by atoms with Gasteiger partial charge in [0.1, 0.15) is 6.10 Å². The molecule has 1 rings (SSSR count). The second kappa shape index (κ2) is 6.98. The molecule has 0 spiro atoms. The molecule has 1 aromatic heterocycles. The lowest BCUT2D eigenvalue weighted by molar-refractivity contribution is -0.385. The lowest BCUT2D eigenvalue weighted by Gasteiger charge is -2.18. The third-order valence-corrected chi connectivity index (χ3v) is 3.72. The molecule has 0 amide bonds. The Labute approximate surface area is 124 Å². The zero-order chi connectivity index (χ0) is 15.4. The number of hydrogen-bond donors (Lipinski definition) is 2. The highest BCUT2D eigenvalue weighted by Gasteiger charge is 2.25. The van der Waals surface area contributed by atoms with E-state index in [2.05, 4.69) is 4.98 Å². The van der Waals surface area contributed by atoms with E-state index in [9.17, 15) is 25.1 Å². The first-order valence-corrected chi connectivity index (χ1v) is 6.91. The molecular weight excluding hydrogens is 308 g/mol. The number of carbonyl (C=O) groups excluding carboxylic acids is 1. The van der Waals surface area contributed by atoms with Gasteiger partial charge in [-0.15, -0.1) is 0 Å². The molecule has 0 saturated heterocycles. The van der Waals surface area contributed by atoms with E-state index >= 15 is 0 Å². The second-order valence-corrected chi connectivity index (χ2v) is 5.60. The molecule has 0 aromatic carbocycles. The predicted octanol–water partition coefficient (Wildman–Crippen LogP) is 1.63. The summed E-state index contributed by atoms with van der Waals surface area (Å²) in [6, 6.07) is 1.08. The maximum absolute atomic E-state index is 10.8. The Balaban J connectivity index is 3.02. The van der Waals surface area contributed by atoms with E-state index in [1.54, 1.807) is 0 Å². The van der Waals surface area contributed by atoms with Gasteiger partial charge in [0.15, 0.2) is 5.12 Å².